The van der Waals surface area contributed by atoms with E-state index >= 15 is 0 Å². The number of anilines is 2. The van der Waals surface area contributed by atoms with E-state index in [1.807, 2.05) is 30.3 Å². The van der Waals surface area contributed by atoms with Gasteiger partial charge in [0.2, 0.25) is 0 Å². The molecule has 3 aromatic rings. The number of para-hydroxylation sites is 1. The van der Waals surface area contributed by atoms with E-state index in [1.54, 1.807) is 4.57 Å². The molecule has 0 bridgehead atoms. The zero-order chi connectivity index (χ0) is 17.3. The highest BCUT2D eigenvalue weighted by atomic mass is 35.5. The van der Waals surface area contributed by atoms with Crippen LogP contribution in [-0.4, -0.2) is 10.5 Å². The summed E-state index contributed by atoms with van der Waals surface area (Å²) < 4.78 is 15.3. The largest absolute Gasteiger partial charge is 0.383 e. The number of carbonyl (C=O) groups excluding carboxylic acids is 1. The summed E-state index contributed by atoms with van der Waals surface area (Å²) >= 11 is 12.1. The van der Waals surface area contributed by atoms with E-state index in [1.165, 1.54) is 18.2 Å². The third-order valence-electron chi connectivity index (χ3n) is 3.24. The Morgan fingerprint density at radius 1 is 1.25 bits per heavy atom. The second-order valence-corrected chi connectivity index (χ2v) is 6.89. The smallest absolute Gasteiger partial charge is 0.269 e. The summed E-state index contributed by atoms with van der Waals surface area (Å²) in [5, 5.41) is 2.57. The van der Waals surface area contributed by atoms with Crippen molar-refractivity contribution in [1.29, 1.82) is 0 Å². The summed E-state index contributed by atoms with van der Waals surface area (Å²) in [6, 6.07) is 13.2. The van der Waals surface area contributed by atoms with Gasteiger partial charge in [-0.3, -0.25) is 9.36 Å². The van der Waals surface area contributed by atoms with E-state index in [-0.39, 0.29) is 15.7 Å². The number of nitrogens with zero attached hydrogens (tertiary/aromatic N) is 1. The van der Waals surface area contributed by atoms with Crippen LogP contribution in [0.1, 0.15) is 9.67 Å². The van der Waals surface area contributed by atoms with Crippen LogP contribution in [0.15, 0.2) is 48.5 Å². The molecule has 0 aliphatic carbocycles. The molecule has 0 saturated carbocycles. The molecule has 1 aromatic heterocycles. The Hall–Kier alpha value is -2.22. The molecule has 0 aliphatic heterocycles. The van der Waals surface area contributed by atoms with Crippen molar-refractivity contribution in [3.05, 3.63) is 68.2 Å². The molecule has 1 heterocycles. The minimum Gasteiger partial charge on any atom is -0.383 e. The highest BCUT2D eigenvalue weighted by Crippen LogP contribution is 2.27. The summed E-state index contributed by atoms with van der Waals surface area (Å²) in [6.07, 6.45) is 0. The topological polar surface area (TPSA) is 60.1 Å². The lowest BCUT2D eigenvalue weighted by Crippen LogP contribution is -2.13. The molecule has 4 nitrogen and oxygen atoms in total. The van der Waals surface area contributed by atoms with E-state index in [0.29, 0.717) is 9.64 Å². The first kappa shape index (κ1) is 16.6. The molecule has 8 heteroatoms. The molecule has 0 saturated heterocycles. The highest BCUT2D eigenvalue weighted by molar-refractivity contribution is 7.73. The Morgan fingerprint density at radius 2 is 1.96 bits per heavy atom. The van der Waals surface area contributed by atoms with Gasteiger partial charge in [0.25, 0.3) is 5.91 Å². The number of nitrogens with one attached hydrogen (secondary N) is 1. The van der Waals surface area contributed by atoms with E-state index < -0.39 is 11.7 Å². The maximum absolute atomic E-state index is 13.2. The van der Waals surface area contributed by atoms with Crippen molar-refractivity contribution in [3.8, 4) is 5.69 Å². The fraction of sp³-hybridized carbons (Fsp3) is 0. The molecule has 1 amide bonds. The lowest BCUT2D eigenvalue weighted by atomic mass is 10.3. The van der Waals surface area contributed by atoms with Gasteiger partial charge in [0.1, 0.15) is 16.5 Å². The lowest BCUT2D eigenvalue weighted by molar-refractivity contribution is 0.103. The first-order chi connectivity index (χ1) is 11.5. The molecular weight excluding hydrogens is 369 g/mol. The van der Waals surface area contributed by atoms with Crippen LogP contribution in [0.4, 0.5) is 15.9 Å². The molecule has 0 spiro atoms. The maximum Gasteiger partial charge on any atom is 0.269 e. The maximum atomic E-state index is 13.2. The average molecular weight is 380 g/mol. The molecule has 0 aliphatic rings. The molecule has 0 unspecified atom stereocenters. The molecule has 3 rings (SSSR count). The number of hydrogen-bond donors (Lipinski definition) is 2. The van der Waals surface area contributed by atoms with Gasteiger partial charge in [-0.05, 0) is 42.5 Å². The summed E-state index contributed by atoms with van der Waals surface area (Å²) in [6.45, 7) is 0. The Bertz CT molecular complexity index is 969. The van der Waals surface area contributed by atoms with E-state index in [2.05, 4.69) is 5.32 Å². The molecule has 0 fully saturated rings. The van der Waals surface area contributed by atoms with Crippen LogP contribution in [0.25, 0.3) is 5.69 Å². The van der Waals surface area contributed by atoms with Crippen LogP contribution >= 0.6 is 35.2 Å². The standard InChI is InChI=1S/C16H11ClFN3OS2/c17-11-8-9(6-7-12(11)18)20-15(22)13-14(19)21(16(23)24-13)10-4-2-1-3-5-10/h1-8H,19H2,(H,20,22). The van der Waals surface area contributed by atoms with Crippen molar-refractivity contribution < 1.29 is 9.18 Å². The van der Waals surface area contributed by atoms with Crippen LogP contribution in [0.2, 0.25) is 5.02 Å². The number of thiazole rings is 1. The van der Waals surface area contributed by atoms with Gasteiger partial charge >= 0.3 is 0 Å². The number of halogens is 2. The van der Waals surface area contributed by atoms with Crippen LogP contribution in [0.5, 0.6) is 0 Å². The van der Waals surface area contributed by atoms with Gasteiger partial charge in [-0.15, -0.1) is 0 Å². The minimum atomic E-state index is -0.555. The third-order valence-corrected chi connectivity index (χ3v) is 4.92. The van der Waals surface area contributed by atoms with Gasteiger partial charge < -0.3 is 11.1 Å². The Labute approximate surface area is 151 Å². The van der Waals surface area contributed by atoms with Crippen molar-refractivity contribution in [3.63, 3.8) is 0 Å². The van der Waals surface area contributed by atoms with Crippen LogP contribution in [0.3, 0.4) is 0 Å². The Kier molecular flexibility index (Phi) is 4.66. The van der Waals surface area contributed by atoms with E-state index in [9.17, 15) is 9.18 Å². The van der Waals surface area contributed by atoms with Crippen molar-refractivity contribution in [2.45, 2.75) is 0 Å². The number of nitrogen functional groups attached to an aromatic ring is 1. The van der Waals surface area contributed by atoms with Crippen LogP contribution in [0, 0.1) is 9.77 Å². The number of rotatable bonds is 3. The molecule has 0 atom stereocenters. The second kappa shape index (κ2) is 6.72. The van der Waals surface area contributed by atoms with Gasteiger partial charge in [0.05, 0.1) is 5.02 Å². The Balaban J connectivity index is 1.94. The summed E-state index contributed by atoms with van der Waals surface area (Å²) in [5.74, 6) is -0.733. The van der Waals surface area contributed by atoms with Gasteiger partial charge in [-0.1, -0.05) is 41.1 Å². The zero-order valence-corrected chi connectivity index (χ0v) is 14.5. The summed E-state index contributed by atoms with van der Waals surface area (Å²) in [7, 11) is 0. The summed E-state index contributed by atoms with van der Waals surface area (Å²) in [4.78, 5) is 12.7. The quantitative estimate of drug-likeness (QED) is 0.636. The normalized spacial score (nSPS) is 10.6. The first-order valence-electron chi connectivity index (χ1n) is 6.80. The average Bonchev–Trinajstić information content (AvgIpc) is 2.86. The summed E-state index contributed by atoms with van der Waals surface area (Å²) in [5.41, 5.74) is 7.25. The van der Waals surface area contributed by atoms with Gasteiger partial charge in [-0.25, -0.2) is 4.39 Å². The number of nitrogens with two attached hydrogens (primary N) is 1. The molecular formula is C16H11ClFN3OS2. The van der Waals surface area contributed by atoms with Crippen molar-refractivity contribution in [2.75, 3.05) is 11.1 Å². The molecule has 122 valence electrons. The fourth-order valence-electron chi connectivity index (χ4n) is 2.13. The Morgan fingerprint density at radius 3 is 2.62 bits per heavy atom. The van der Waals surface area contributed by atoms with Gasteiger partial charge in [0, 0.05) is 11.4 Å². The predicted molar refractivity (Wildman–Crippen MR) is 98.3 cm³/mol. The monoisotopic (exact) mass is 379 g/mol. The van der Waals surface area contributed by atoms with Crippen molar-refractivity contribution in [1.82, 2.24) is 4.57 Å². The fourth-order valence-corrected chi connectivity index (χ4v) is 3.57. The lowest BCUT2D eigenvalue weighted by Gasteiger charge is -2.07. The van der Waals surface area contributed by atoms with Gasteiger partial charge in [0.15, 0.2) is 3.95 Å². The van der Waals surface area contributed by atoms with E-state index in [0.717, 1.165) is 17.0 Å². The number of amides is 1. The number of benzene rings is 2. The highest BCUT2D eigenvalue weighted by Gasteiger charge is 2.18. The van der Waals surface area contributed by atoms with E-state index in [4.69, 9.17) is 29.6 Å². The molecule has 3 N–H and O–H groups in total. The van der Waals surface area contributed by atoms with Crippen molar-refractivity contribution >= 4 is 52.6 Å². The molecule has 2 aromatic carbocycles. The number of carbonyl (C=O) groups is 1. The van der Waals surface area contributed by atoms with Crippen LogP contribution < -0.4 is 11.1 Å². The zero-order valence-electron chi connectivity index (χ0n) is 12.1. The molecule has 24 heavy (non-hydrogen) atoms. The second-order valence-electron chi connectivity index (χ2n) is 4.84. The number of aromatic nitrogens is 1. The third kappa shape index (κ3) is 3.19. The SMILES string of the molecule is Nc1c(C(=O)Nc2ccc(F)c(Cl)c2)sc(=S)n1-c1ccccc1. The minimum absolute atomic E-state index is 0.0738. The van der Waals surface area contributed by atoms with Gasteiger partial charge in [-0.2, -0.15) is 0 Å². The van der Waals surface area contributed by atoms with Crippen molar-refractivity contribution in [2.24, 2.45) is 0 Å². The van der Waals surface area contributed by atoms with Crippen LogP contribution in [-0.2, 0) is 0 Å². The predicted octanol–water partition coefficient (Wildman–Crippen LogP) is 4.90. The molecule has 0 radical (unpaired) electrons. The first-order valence-corrected chi connectivity index (χ1v) is 8.41. The number of hydrogen-bond acceptors (Lipinski definition) is 4.